The molecular weight excluding hydrogens is 292 g/mol. The van der Waals surface area contributed by atoms with Crippen LogP contribution in [0.25, 0.3) is 10.9 Å². The maximum Gasteiger partial charge on any atom is 0.0746 e. The average molecular weight is 309 g/mol. The van der Waals surface area contributed by atoms with E-state index >= 15 is 0 Å². The van der Waals surface area contributed by atoms with Crippen LogP contribution in [0.15, 0.2) is 34.8 Å². The largest absolute Gasteiger partial charge is 0.380 e. The second kappa shape index (κ2) is 6.27. The van der Waals surface area contributed by atoms with Crippen LogP contribution in [-0.2, 0) is 4.74 Å². The van der Waals surface area contributed by atoms with Gasteiger partial charge in [-0.3, -0.25) is 0 Å². The predicted molar refractivity (Wildman–Crippen MR) is 77.7 cm³/mol. The molecule has 3 nitrogen and oxygen atoms in total. The van der Waals surface area contributed by atoms with E-state index in [9.17, 15) is 0 Å². The van der Waals surface area contributed by atoms with Crippen LogP contribution in [0.4, 0.5) is 0 Å². The number of para-hydroxylation sites is 1. The first-order valence-corrected chi connectivity index (χ1v) is 6.85. The maximum atomic E-state index is 5.48. The van der Waals surface area contributed by atoms with Gasteiger partial charge in [0.25, 0.3) is 0 Å². The molecule has 0 spiro atoms. The van der Waals surface area contributed by atoms with Crippen LogP contribution in [0, 0.1) is 0 Å². The highest BCUT2D eigenvalue weighted by Crippen LogP contribution is 2.26. The van der Waals surface area contributed by atoms with Gasteiger partial charge in [-0.05, 0) is 42.0 Å². The Morgan fingerprint density at radius 3 is 2.89 bits per heavy atom. The Kier molecular flexibility index (Phi) is 4.69. The lowest BCUT2D eigenvalue weighted by atomic mass is 10.1. The van der Waals surface area contributed by atoms with Gasteiger partial charge in [0.2, 0.25) is 0 Å². The fraction of sp³-hybridized carbons (Fsp3) is 0.357. The standard InChI is InChI=1S/C14H17BrN2O/c1-3-18-9-13(16-2)14-11(15)8-10-6-4-5-7-12(10)17-14/h4-8,13,16H,3,9H2,1-2H3. The molecule has 18 heavy (non-hydrogen) atoms. The van der Waals surface area contributed by atoms with Gasteiger partial charge in [-0.1, -0.05) is 18.2 Å². The molecule has 1 N–H and O–H groups in total. The fourth-order valence-electron chi connectivity index (χ4n) is 1.88. The molecule has 0 amide bonds. The molecule has 0 bridgehead atoms. The summed E-state index contributed by atoms with van der Waals surface area (Å²) in [5, 5.41) is 4.38. The van der Waals surface area contributed by atoms with E-state index in [0.29, 0.717) is 13.2 Å². The van der Waals surface area contributed by atoms with Crippen molar-refractivity contribution >= 4 is 26.8 Å². The first-order valence-electron chi connectivity index (χ1n) is 6.06. The summed E-state index contributed by atoms with van der Waals surface area (Å²) in [5.41, 5.74) is 2.00. The Morgan fingerprint density at radius 1 is 1.39 bits per heavy atom. The minimum Gasteiger partial charge on any atom is -0.380 e. The third-order valence-corrected chi connectivity index (χ3v) is 3.51. The molecule has 4 heteroatoms. The summed E-state index contributed by atoms with van der Waals surface area (Å²) in [6, 6.07) is 10.3. The van der Waals surface area contributed by atoms with Crippen molar-refractivity contribution < 1.29 is 4.74 Å². The van der Waals surface area contributed by atoms with E-state index in [1.165, 1.54) is 0 Å². The number of halogens is 1. The van der Waals surface area contributed by atoms with Crippen LogP contribution in [-0.4, -0.2) is 25.2 Å². The Hall–Kier alpha value is -0.970. The summed E-state index contributed by atoms with van der Waals surface area (Å²) in [4.78, 5) is 4.71. The zero-order valence-electron chi connectivity index (χ0n) is 10.6. The summed E-state index contributed by atoms with van der Waals surface area (Å²) < 4.78 is 6.50. The molecule has 2 aromatic rings. The second-order valence-electron chi connectivity index (χ2n) is 4.05. The van der Waals surface area contributed by atoms with Gasteiger partial charge in [0.05, 0.1) is 23.9 Å². The smallest absolute Gasteiger partial charge is 0.0746 e. The number of hydrogen-bond acceptors (Lipinski definition) is 3. The Balaban J connectivity index is 2.39. The first-order chi connectivity index (χ1) is 8.76. The molecule has 0 aliphatic carbocycles. The molecule has 0 aliphatic rings. The lowest BCUT2D eigenvalue weighted by molar-refractivity contribution is 0.124. The molecule has 1 aromatic carbocycles. The first kappa shape index (κ1) is 13.5. The summed E-state index contributed by atoms with van der Waals surface area (Å²) in [6.07, 6.45) is 0. The number of likely N-dealkylation sites (N-methyl/N-ethyl adjacent to an activating group) is 1. The molecule has 1 aromatic heterocycles. The highest BCUT2D eigenvalue weighted by Gasteiger charge is 2.15. The minimum atomic E-state index is 0.101. The number of nitrogens with one attached hydrogen (secondary N) is 1. The van der Waals surface area contributed by atoms with Crippen molar-refractivity contribution in [2.75, 3.05) is 20.3 Å². The third kappa shape index (κ3) is 2.88. The van der Waals surface area contributed by atoms with E-state index in [-0.39, 0.29) is 6.04 Å². The van der Waals surface area contributed by atoms with Gasteiger partial charge in [0.15, 0.2) is 0 Å². The Morgan fingerprint density at radius 2 is 2.17 bits per heavy atom. The summed E-state index contributed by atoms with van der Waals surface area (Å²) in [6.45, 7) is 3.33. The van der Waals surface area contributed by atoms with Crippen LogP contribution in [0.2, 0.25) is 0 Å². The Labute approximate surface area is 116 Å². The van der Waals surface area contributed by atoms with Crippen LogP contribution >= 0.6 is 15.9 Å². The molecule has 1 unspecified atom stereocenters. The SMILES string of the molecule is CCOCC(NC)c1nc2ccccc2cc1Br. The van der Waals surface area contributed by atoms with Crippen molar-refractivity contribution in [3.05, 3.63) is 40.5 Å². The second-order valence-corrected chi connectivity index (χ2v) is 4.90. The van der Waals surface area contributed by atoms with Crippen molar-refractivity contribution in [1.29, 1.82) is 0 Å². The molecule has 1 heterocycles. The number of pyridine rings is 1. The molecule has 1 atom stereocenters. The van der Waals surface area contributed by atoms with Gasteiger partial charge in [-0.2, -0.15) is 0 Å². The normalized spacial score (nSPS) is 12.8. The van der Waals surface area contributed by atoms with E-state index in [0.717, 1.165) is 21.1 Å². The quantitative estimate of drug-likeness (QED) is 0.920. The summed E-state index contributed by atoms with van der Waals surface area (Å²) >= 11 is 3.59. The van der Waals surface area contributed by atoms with Crippen molar-refractivity contribution in [3.63, 3.8) is 0 Å². The van der Waals surface area contributed by atoms with Crippen molar-refractivity contribution in [3.8, 4) is 0 Å². The molecule has 0 aliphatic heterocycles. The number of hydrogen-bond donors (Lipinski definition) is 1. The van der Waals surface area contributed by atoms with Crippen molar-refractivity contribution in [2.24, 2.45) is 0 Å². The monoisotopic (exact) mass is 308 g/mol. The fourth-order valence-corrected chi connectivity index (χ4v) is 2.50. The summed E-state index contributed by atoms with van der Waals surface area (Å²) in [5.74, 6) is 0. The molecule has 0 radical (unpaired) electrons. The maximum absolute atomic E-state index is 5.48. The van der Waals surface area contributed by atoms with Gasteiger partial charge in [-0.25, -0.2) is 4.98 Å². The summed E-state index contributed by atoms with van der Waals surface area (Å²) in [7, 11) is 1.92. The Bertz CT molecular complexity index is 530. The van der Waals surface area contributed by atoms with E-state index in [1.54, 1.807) is 0 Å². The van der Waals surface area contributed by atoms with Crippen LogP contribution in [0.5, 0.6) is 0 Å². The number of nitrogens with zero attached hydrogens (tertiary/aromatic N) is 1. The number of benzene rings is 1. The predicted octanol–water partition coefficient (Wildman–Crippen LogP) is 3.29. The van der Waals surface area contributed by atoms with Gasteiger partial charge in [-0.15, -0.1) is 0 Å². The number of rotatable bonds is 5. The van der Waals surface area contributed by atoms with E-state index in [2.05, 4.69) is 33.4 Å². The van der Waals surface area contributed by atoms with E-state index in [4.69, 9.17) is 9.72 Å². The van der Waals surface area contributed by atoms with Crippen LogP contribution in [0.1, 0.15) is 18.7 Å². The van der Waals surface area contributed by atoms with Gasteiger partial charge in [0, 0.05) is 16.5 Å². The zero-order chi connectivity index (χ0) is 13.0. The molecular formula is C14H17BrN2O. The lowest BCUT2D eigenvalue weighted by Gasteiger charge is -2.17. The van der Waals surface area contributed by atoms with Crippen molar-refractivity contribution in [1.82, 2.24) is 10.3 Å². The van der Waals surface area contributed by atoms with Crippen LogP contribution in [0.3, 0.4) is 0 Å². The number of aromatic nitrogens is 1. The molecule has 0 saturated heterocycles. The van der Waals surface area contributed by atoms with Gasteiger partial charge >= 0.3 is 0 Å². The van der Waals surface area contributed by atoms with Crippen LogP contribution < -0.4 is 5.32 Å². The molecule has 0 saturated carbocycles. The molecule has 2 rings (SSSR count). The van der Waals surface area contributed by atoms with E-state index < -0.39 is 0 Å². The number of fused-ring (bicyclic) bond motifs is 1. The van der Waals surface area contributed by atoms with Gasteiger partial charge < -0.3 is 10.1 Å². The highest BCUT2D eigenvalue weighted by atomic mass is 79.9. The number of ether oxygens (including phenoxy) is 1. The average Bonchev–Trinajstić information content (AvgIpc) is 2.40. The lowest BCUT2D eigenvalue weighted by Crippen LogP contribution is -2.23. The molecule has 0 fully saturated rings. The minimum absolute atomic E-state index is 0.101. The highest BCUT2D eigenvalue weighted by molar-refractivity contribution is 9.10. The third-order valence-electron chi connectivity index (χ3n) is 2.87. The molecule has 96 valence electrons. The van der Waals surface area contributed by atoms with E-state index in [1.807, 2.05) is 32.2 Å². The zero-order valence-corrected chi connectivity index (χ0v) is 12.2. The van der Waals surface area contributed by atoms with Crippen molar-refractivity contribution in [2.45, 2.75) is 13.0 Å². The van der Waals surface area contributed by atoms with Gasteiger partial charge in [0.1, 0.15) is 0 Å². The topological polar surface area (TPSA) is 34.1 Å².